The third-order valence-corrected chi connectivity index (χ3v) is 2.80. The van der Waals surface area contributed by atoms with Crippen LogP contribution in [-0.2, 0) is 4.79 Å². The number of allylic oxidation sites excluding steroid dienone is 4. The number of unbranched alkanes of at least 4 members (excludes halogenated alkanes) is 8. The lowest BCUT2D eigenvalue weighted by molar-refractivity contribution is -0.107. The summed E-state index contributed by atoms with van der Waals surface area (Å²) in [5, 5.41) is 0. The number of carbonyl (C=O) groups excluding carboxylic acids is 1. The van der Waals surface area contributed by atoms with Crippen LogP contribution >= 0.6 is 0 Å². The molecule has 0 saturated heterocycles. The second-order valence-electron chi connectivity index (χ2n) is 4.51. The number of hydrogen-bond donors (Lipinski definition) is 0. The van der Waals surface area contributed by atoms with Crippen molar-refractivity contribution in [3.8, 4) is 0 Å². The molecule has 0 amide bonds. The minimum Gasteiger partial charge on any atom is -0.303 e. The van der Waals surface area contributed by atoms with Crippen LogP contribution in [0.3, 0.4) is 0 Å². The first-order chi connectivity index (χ1) is 8.41. The number of hydrogen-bond acceptors (Lipinski definition) is 1. The summed E-state index contributed by atoms with van der Waals surface area (Å²) in [6, 6.07) is 0. The fourth-order valence-corrected chi connectivity index (χ4v) is 1.71. The summed E-state index contributed by atoms with van der Waals surface area (Å²) < 4.78 is 0. The Morgan fingerprint density at radius 2 is 1.24 bits per heavy atom. The van der Waals surface area contributed by atoms with Gasteiger partial charge in [-0.3, -0.25) is 0 Å². The van der Waals surface area contributed by atoms with Gasteiger partial charge in [0.2, 0.25) is 0 Å². The van der Waals surface area contributed by atoms with Crippen LogP contribution in [0, 0.1) is 0 Å². The van der Waals surface area contributed by atoms with Crippen LogP contribution in [0.4, 0.5) is 0 Å². The largest absolute Gasteiger partial charge is 0.303 e. The smallest absolute Gasteiger partial charge is 0.119 e. The highest BCUT2D eigenvalue weighted by atomic mass is 16.1. The monoisotopic (exact) mass is 236 g/mol. The maximum Gasteiger partial charge on any atom is 0.119 e. The van der Waals surface area contributed by atoms with Crippen molar-refractivity contribution in [1.29, 1.82) is 0 Å². The van der Waals surface area contributed by atoms with Crippen molar-refractivity contribution in [2.75, 3.05) is 0 Å². The molecule has 0 bridgehead atoms. The van der Waals surface area contributed by atoms with Crippen molar-refractivity contribution < 1.29 is 4.79 Å². The Hall–Kier alpha value is -0.850. The van der Waals surface area contributed by atoms with Gasteiger partial charge in [-0.25, -0.2) is 0 Å². The molecule has 0 aliphatic rings. The number of aldehydes is 1. The Kier molecular flexibility index (Phi) is 14.4. The third-order valence-electron chi connectivity index (χ3n) is 2.80. The Bertz CT molecular complexity index is 204. The van der Waals surface area contributed by atoms with Gasteiger partial charge in [0.05, 0.1) is 0 Å². The van der Waals surface area contributed by atoms with Gasteiger partial charge in [-0.15, -0.1) is 0 Å². The van der Waals surface area contributed by atoms with Crippen LogP contribution in [0.5, 0.6) is 0 Å². The fourth-order valence-electron chi connectivity index (χ4n) is 1.71. The zero-order valence-corrected chi connectivity index (χ0v) is 11.4. The molecule has 98 valence electrons. The van der Waals surface area contributed by atoms with Crippen LogP contribution in [0.15, 0.2) is 24.3 Å². The molecule has 0 heterocycles. The maximum atomic E-state index is 10.1. The summed E-state index contributed by atoms with van der Waals surface area (Å²) in [5.41, 5.74) is 0. The van der Waals surface area contributed by atoms with Crippen LogP contribution in [0.1, 0.15) is 71.1 Å². The first-order valence-electron chi connectivity index (χ1n) is 7.17. The van der Waals surface area contributed by atoms with Crippen molar-refractivity contribution in [1.82, 2.24) is 0 Å². The van der Waals surface area contributed by atoms with Gasteiger partial charge in [-0.1, -0.05) is 56.9 Å². The second-order valence-corrected chi connectivity index (χ2v) is 4.51. The quantitative estimate of drug-likeness (QED) is 0.258. The first kappa shape index (κ1) is 16.1. The molecule has 0 aromatic heterocycles. The summed E-state index contributed by atoms with van der Waals surface area (Å²) in [4.78, 5) is 10.1. The molecule has 0 radical (unpaired) electrons. The molecule has 0 rings (SSSR count). The van der Waals surface area contributed by atoms with Gasteiger partial charge < -0.3 is 4.79 Å². The maximum absolute atomic E-state index is 10.1. The standard InChI is InChI=1S/C16H28O/c1-2-3-4-5-6-7-8-9-10-11-12-13-14-15-16-17/h6-9,16H,2-5,10-15H2,1H3/b7-6-,9-8+. The van der Waals surface area contributed by atoms with E-state index in [4.69, 9.17) is 0 Å². The van der Waals surface area contributed by atoms with Crippen molar-refractivity contribution in [2.24, 2.45) is 0 Å². The SMILES string of the molecule is CCCCC/C=C\C=C\CCCCCCC=O. The Balaban J connectivity index is 3.16. The van der Waals surface area contributed by atoms with Gasteiger partial charge in [-0.05, 0) is 32.1 Å². The molecule has 0 saturated carbocycles. The normalized spacial score (nSPS) is 11.6. The second kappa shape index (κ2) is 15.1. The Labute approximate surface area is 107 Å². The number of carbonyl (C=O) groups is 1. The minimum absolute atomic E-state index is 0.732. The highest BCUT2D eigenvalue weighted by molar-refractivity contribution is 5.48. The molecule has 17 heavy (non-hydrogen) atoms. The van der Waals surface area contributed by atoms with Gasteiger partial charge in [0, 0.05) is 6.42 Å². The van der Waals surface area contributed by atoms with Gasteiger partial charge in [-0.2, -0.15) is 0 Å². The topological polar surface area (TPSA) is 17.1 Å². The molecule has 1 heteroatoms. The molecule has 0 unspecified atom stereocenters. The lowest BCUT2D eigenvalue weighted by atomic mass is 10.1. The number of rotatable bonds is 12. The Morgan fingerprint density at radius 3 is 1.76 bits per heavy atom. The van der Waals surface area contributed by atoms with E-state index in [1.807, 2.05) is 0 Å². The average molecular weight is 236 g/mol. The van der Waals surface area contributed by atoms with E-state index in [0.29, 0.717) is 0 Å². The van der Waals surface area contributed by atoms with E-state index < -0.39 is 0 Å². The Morgan fingerprint density at radius 1 is 0.706 bits per heavy atom. The molecule has 1 nitrogen and oxygen atoms in total. The molecule has 0 fully saturated rings. The summed E-state index contributed by atoms with van der Waals surface area (Å²) >= 11 is 0. The zero-order chi connectivity index (χ0) is 12.6. The van der Waals surface area contributed by atoms with Crippen molar-refractivity contribution >= 4 is 6.29 Å². The predicted octanol–water partition coefficient (Wildman–Crippen LogP) is 5.22. The van der Waals surface area contributed by atoms with E-state index in [1.54, 1.807) is 0 Å². The first-order valence-corrected chi connectivity index (χ1v) is 7.17. The van der Waals surface area contributed by atoms with Crippen LogP contribution in [-0.4, -0.2) is 6.29 Å². The van der Waals surface area contributed by atoms with Crippen LogP contribution < -0.4 is 0 Å². The molecule has 0 N–H and O–H groups in total. The lowest BCUT2D eigenvalue weighted by Gasteiger charge is -1.95. The molecule has 0 atom stereocenters. The van der Waals surface area contributed by atoms with Gasteiger partial charge in [0.1, 0.15) is 6.29 Å². The molecular formula is C16H28O. The summed E-state index contributed by atoms with van der Waals surface area (Å²) in [6.07, 6.45) is 21.7. The van der Waals surface area contributed by atoms with E-state index in [-0.39, 0.29) is 0 Å². The zero-order valence-electron chi connectivity index (χ0n) is 11.4. The van der Waals surface area contributed by atoms with Gasteiger partial charge in [0.15, 0.2) is 0 Å². The fraction of sp³-hybridized carbons (Fsp3) is 0.688. The predicted molar refractivity (Wildman–Crippen MR) is 76.2 cm³/mol. The van der Waals surface area contributed by atoms with E-state index in [1.165, 1.54) is 51.4 Å². The van der Waals surface area contributed by atoms with Crippen LogP contribution in [0.25, 0.3) is 0 Å². The molecule has 0 aromatic rings. The lowest BCUT2D eigenvalue weighted by Crippen LogP contribution is -1.78. The van der Waals surface area contributed by atoms with Gasteiger partial charge >= 0.3 is 0 Å². The van der Waals surface area contributed by atoms with E-state index >= 15 is 0 Å². The minimum atomic E-state index is 0.732. The highest BCUT2D eigenvalue weighted by Crippen LogP contribution is 2.05. The molecule has 0 spiro atoms. The molecular weight excluding hydrogens is 208 g/mol. The third kappa shape index (κ3) is 15.1. The molecule has 0 aliphatic heterocycles. The van der Waals surface area contributed by atoms with Crippen molar-refractivity contribution in [3.05, 3.63) is 24.3 Å². The highest BCUT2D eigenvalue weighted by Gasteiger charge is 1.87. The summed E-state index contributed by atoms with van der Waals surface area (Å²) in [7, 11) is 0. The van der Waals surface area contributed by atoms with Crippen molar-refractivity contribution in [2.45, 2.75) is 71.1 Å². The van der Waals surface area contributed by atoms with Crippen LogP contribution in [0.2, 0.25) is 0 Å². The van der Waals surface area contributed by atoms with E-state index in [2.05, 4.69) is 31.2 Å². The van der Waals surface area contributed by atoms with Crippen molar-refractivity contribution in [3.63, 3.8) is 0 Å². The summed E-state index contributed by atoms with van der Waals surface area (Å²) in [6.45, 7) is 2.23. The van der Waals surface area contributed by atoms with Gasteiger partial charge in [0.25, 0.3) is 0 Å². The average Bonchev–Trinajstić information content (AvgIpc) is 2.35. The summed E-state index contributed by atoms with van der Waals surface area (Å²) in [5.74, 6) is 0. The van der Waals surface area contributed by atoms with E-state index in [9.17, 15) is 4.79 Å². The molecule has 0 aromatic carbocycles. The van der Waals surface area contributed by atoms with E-state index in [0.717, 1.165) is 19.1 Å². The molecule has 0 aliphatic carbocycles.